The third kappa shape index (κ3) is 3.23. The van der Waals surface area contributed by atoms with E-state index < -0.39 is 0 Å². The number of nitrogens with one attached hydrogen (secondary N) is 1. The molecule has 0 aromatic heterocycles. The Morgan fingerprint density at radius 2 is 2.21 bits per heavy atom. The highest BCUT2D eigenvalue weighted by atomic mass is 16.5. The van der Waals surface area contributed by atoms with Crippen molar-refractivity contribution in [2.24, 2.45) is 0 Å². The van der Waals surface area contributed by atoms with Crippen molar-refractivity contribution in [3.8, 4) is 0 Å². The van der Waals surface area contributed by atoms with Gasteiger partial charge in [0.15, 0.2) is 0 Å². The van der Waals surface area contributed by atoms with Crippen LogP contribution in [0.15, 0.2) is 0 Å². The molecule has 1 atom stereocenters. The van der Waals surface area contributed by atoms with Crippen LogP contribution in [0.2, 0.25) is 0 Å². The molecule has 0 radical (unpaired) electrons. The van der Waals surface area contributed by atoms with Crippen LogP contribution in [0.1, 0.15) is 25.7 Å². The van der Waals surface area contributed by atoms with Gasteiger partial charge in [-0.2, -0.15) is 0 Å². The van der Waals surface area contributed by atoms with Gasteiger partial charge in [0.1, 0.15) is 0 Å². The van der Waals surface area contributed by atoms with E-state index in [0.717, 1.165) is 25.8 Å². The maximum Gasteiger partial charge on any atom is 0.0619 e. The normalized spacial score (nSPS) is 28.3. The average Bonchev–Trinajstić information content (AvgIpc) is 3.02. The minimum Gasteiger partial charge on any atom is -0.380 e. The van der Waals surface area contributed by atoms with E-state index in [0.29, 0.717) is 6.04 Å². The highest BCUT2D eigenvalue weighted by Crippen LogP contribution is 2.24. The summed E-state index contributed by atoms with van der Waals surface area (Å²) in [6.07, 6.45) is 5.31. The molecular formula is C11H22N2O. The summed E-state index contributed by atoms with van der Waals surface area (Å²) in [6, 6.07) is 1.50. The van der Waals surface area contributed by atoms with Crippen molar-refractivity contribution in [2.45, 2.75) is 37.8 Å². The molecule has 2 fully saturated rings. The minimum absolute atomic E-state index is 0.608. The maximum absolute atomic E-state index is 5.42. The standard InChI is InChI=1S/C11H22N2O/c1-13(11-4-5-11)7-6-12-10-3-2-8-14-9-10/h10-12H,2-9H2,1H3. The number of likely N-dealkylation sites (N-methyl/N-ethyl adjacent to an activating group) is 1. The van der Waals surface area contributed by atoms with Crippen LogP contribution in [0, 0.1) is 0 Å². The van der Waals surface area contributed by atoms with Gasteiger partial charge < -0.3 is 15.0 Å². The van der Waals surface area contributed by atoms with E-state index in [9.17, 15) is 0 Å². The van der Waals surface area contributed by atoms with Gasteiger partial charge in [0.2, 0.25) is 0 Å². The lowest BCUT2D eigenvalue weighted by molar-refractivity contribution is 0.0697. The van der Waals surface area contributed by atoms with Gasteiger partial charge in [-0.3, -0.25) is 0 Å². The first-order chi connectivity index (χ1) is 6.86. The molecule has 1 N–H and O–H groups in total. The smallest absolute Gasteiger partial charge is 0.0619 e. The van der Waals surface area contributed by atoms with Crippen molar-refractivity contribution >= 4 is 0 Å². The summed E-state index contributed by atoms with van der Waals surface area (Å²) in [5.41, 5.74) is 0. The number of hydrogen-bond acceptors (Lipinski definition) is 3. The summed E-state index contributed by atoms with van der Waals surface area (Å²) < 4.78 is 5.42. The molecule has 0 bridgehead atoms. The molecule has 14 heavy (non-hydrogen) atoms. The van der Waals surface area contributed by atoms with Crippen LogP contribution in [-0.2, 0) is 4.74 Å². The summed E-state index contributed by atoms with van der Waals surface area (Å²) in [7, 11) is 2.23. The first kappa shape index (κ1) is 10.4. The van der Waals surface area contributed by atoms with Crippen molar-refractivity contribution in [3.05, 3.63) is 0 Å². The number of hydrogen-bond donors (Lipinski definition) is 1. The Morgan fingerprint density at radius 1 is 1.36 bits per heavy atom. The molecule has 0 spiro atoms. The second-order valence-electron chi connectivity index (χ2n) is 4.58. The van der Waals surface area contributed by atoms with Crippen molar-refractivity contribution in [1.29, 1.82) is 0 Å². The van der Waals surface area contributed by atoms with Gasteiger partial charge in [-0.05, 0) is 32.7 Å². The Hall–Kier alpha value is -0.120. The maximum atomic E-state index is 5.42. The van der Waals surface area contributed by atoms with Gasteiger partial charge >= 0.3 is 0 Å². The predicted molar refractivity (Wildman–Crippen MR) is 57.5 cm³/mol. The fourth-order valence-corrected chi connectivity index (χ4v) is 2.04. The van der Waals surface area contributed by atoms with Crippen LogP contribution in [0.3, 0.4) is 0 Å². The van der Waals surface area contributed by atoms with Crippen molar-refractivity contribution in [2.75, 3.05) is 33.4 Å². The number of ether oxygens (including phenoxy) is 1. The highest BCUT2D eigenvalue weighted by Gasteiger charge is 2.25. The van der Waals surface area contributed by atoms with E-state index >= 15 is 0 Å². The summed E-state index contributed by atoms with van der Waals surface area (Å²) in [4.78, 5) is 2.47. The van der Waals surface area contributed by atoms with E-state index in [-0.39, 0.29) is 0 Å². The SMILES string of the molecule is CN(CCNC1CCCOC1)C1CC1. The zero-order chi connectivity index (χ0) is 9.80. The van der Waals surface area contributed by atoms with Crippen molar-refractivity contribution < 1.29 is 4.74 Å². The Kier molecular flexibility index (Phi) is 3.79. The lowest BCUT2D eigenvalue weighted by Crippen LogP contribution is -2.40. The van der Waals surface area contributed by atoms with E-state index in [4.69, 9.17) is 4.74 Å². The molecule has 2 rings (SSSR count). The molecule has 2 aliphatic rings. The third-order valence-corrected chi connectivity index (χ3v) is 3.23. The lowest BCUT2D eigenvalue weighted by Gasteiger charge is -2.24. The largest absolute Gasteiger partial charge is 0.380 e. The quantitative estimate of drug-likeness (QED) is 0.709. The molecule has 1 heterocycles. The summed E-state index contributed by atoms with van der Waals surface area (Å²) in [5.74, 6) is 0. The van der Waals surface area contributed by atoms with Crippen LogP contribution in [-0.4, -0.2) is 50.3 Å². The highest BCUT2D eigenvalue weighted by molar-refractivity contribution is 4.82. The van der Waals surface area contributed by atoms with E-state index in [1.165, 1.54) is 32.2 Å². The average molecular weight is 198 g/mol. The van der Waals surface area contributed by atoms with Crippen LogP contribution < -0.4 is 5.32 Å². The minimum atomic E-state index is 0.608. The van der Waals surface area contributed by atoms with Crippen LogP contribution in [0.5, 0.6) is 0 Å². The molecule has 3 nitrogen and oxygen atoms in total. The van der Waals surface area contributed by atoms with E-state index in [1.54, 1.807) is 0 Å². The molecule has 0 amide bonds. The molecule has 0 aromatic carbocycles. The summed E-state index contributed by atoms with van der Waals surface area (Å²) >= 11 is 0. The van der Waals surface area contributed by atoms with Crippen LogP contribution >= 0.6 is 0 Å². The lowest BCUT2D eigenvalue weighted by atomic mass is 10.1. The molecule has 1 saturated carbocycles. The van der Waals surface area contributed by atoms with Gasteiger partial charge in [0.25, 0.3) is 0 Å². The van der Waals surface area contributed by atoms with Gasteiger partial charge in [-0.15, -0.1) is 0 Å². The topological polar surface area (TPSA) is 24.5 Å². The first-order valence-corrected chi connectivity index (χ1v) is 5.87. The van der Waals surface area contributed by atoms with Gasteiger partial charge in [0.05, 0.1) is 6.61 Å². The monoisotopic (exact) mass is 198 g/mol. The van der Waals surface area contributed by atoms with Crippen molar-refractivity contribution in [1.82, 2.24) is 10.2 Å². The Morgan fingerprint density at radius 3 is 2.86 bits per heavy atom. The van der Waals surface area contributed by atoms with Crippen molar-refractivity contribution in [3.63, 3.8) is 0 Å². The second kappa shape index (κ2) is 5.10. The molecule has 82 valence electrons. The molecule has 1 unspecified atom stereocenters. The van der Waals surface area contributed by atoms with Crippen LogP contribution in [0.4, 0.5) is 0 Å². The number of nitrogens with zero attached hydrogens (tertiary/aromatic N) is 1. The van der Waals surface area contributed by atoms with Gasteiger partial charge in [0, 0.05) is 31.8 Å². The van der Waals surface area contributed by atoms with E-state index in [2.05, 4.69) is 17.3 Å². The zero-order valence-corrected chi connectivity index (χ0v) is 9.17. The zero-order valence-electron chi connectivity index (χ0n) is 9.17. The van der Waals surface area contributed by atoms with E-state index in [1.807, 2.05) is 0 Å². The Bertz CT molecular complexity index is 165. The molecule has 0 aromatic rings. The number of rotatable bonds is 5. The van der Waals surface area contributed by atoms with Gasteiger partial charge in [-0.25, -0.2) is 0 Å². The second-order valence-corrected chi connectivity index (χ2v) is 4.58. The summed E-state index contributed by atoms with van der Waals surface area (Å²) in [6.45, 7) is 4.16. The Labute approximate surface area is 86.8 Å². The Balaban J connectivity index is 1.52. The third-order valence-electron chi connectivity index (χ3n) is 3.23. The molecule has 3 heteroatoms. The molecular weight excluding hydrogens is 176 g/mol. The molecule has 1 aliphatic carbocycles. The summed E-state index contributed by atoms with van der Waals surface area (Å²) in [5, 5.41) is 3.57. The first-order valence-electron chi connectivity index (χ1n) is 5.87. The fraction of sp³-hybridized carbons (Fsp3) is 1.00. The fourth-order valence-electron chi connectivity index (χ4n) is 2.04. The molecule has 1 saturated heterocycles. The van der Waals surface area contributed by atoms with Gasteiger partial charge in [-0.1, -0.05) is 0 Å². The molecule has 1 aliphatic heterocycles. The van der Waals surface area contributed by atoms with Crippen LogP contribution in [0.25, 0.3) is 0 Å². The predicted octanol–water partition coefficient (Wildman–Crippen LogP) is 0.849.